The fourth-order valence-electron chi connectivity index (χ4n) is 3.65. The van der Waals surface area contributed by atoms with Gasteiger partial charge in [0, 0.05) is 5.69 Å². The lowest BCUT2D eigenvalue weighted by Gasteiger charge is -2.19. The first kappa shape index (κ1) is 15.8. The van der Waals surface area contributed by atoms with Gasteiger partial charge < -0.3 is 10.5 Å². The molecule has 1 amide bonds. The van der Waals surface area contributed by atoms with E-state index in [-0.39, 0.29) is 11.3 Å². The Hall–Kier alpha value is -2.66. The number of para-hydroxylation sites is 1. The molecule has 0 bridgehead atoms. The first-order valence-electron chi connectivity index (χ1n) is 8.43. The SMILES string of the molecule is COC(=O)[C@@H](N)Cc1ccc(N2C(=O)C3(CC3)c3ccccc32)cc1. The lowest BCUT2D eigenvalue weighted by molar-refractivity contribution is -0.142. The van der Waals surface area contributed by atoms with Crippen LogP contribution in [0.2, 0.25) is 0 Å². The third-order valence-corrected chi connectivity index (χ3v) is 5.18. The molecule has 0 radical (unpaired) electrons. The molecule has 1 aliphatic heterocycles. The van der Waals surface area contributed by atoms with Gasteiger partial charge in [-0.25, -0.2) is 0 Å². The average Bonchev–Trinajstić information content (AvgIpc) is 3.40. The van der Waals surface area contributed by atoms with Crippen molar-refractivity contribution < 1.29 is 14.3 Å². The summed E-state index contributed by atoms with van der Waals surface area (Å²) in [5, 5.41) is 0. The standard InChI is InChI=1S/C20H20N2O3/c1-25-18(23)16(21)12-13-6-8-14(9-7-13)22-17-5-3-2-4-15(17)20(10-11-20)19(22)24/h2-9,16H,10-12,21H2,1H3/t16-/m0/s1. The summed E-state index contributed by atoms with van der Waals surface area (Å²) < 4.78 is 4.66. The van der Waals surface area contributed by atoms with Crippen LogP contribution in [0.5, 0.6) is 0 Å². The minimum Gasteiger partial charge on any atom is -0.468 e. The van der Waals surface area contributed by atoms with Crippen molar-refractivity contribution >= 4 is 23.3 Å². The number of amides is 1. The molecule has 5 heteroatoms. The number of carbonyl (C=O) groups is 2. The summed E-state index contributed by atoms with van der Waals surface area (Å²) in [5.41, 5.74) is 9.40. The van der Waals surface area contributed by atoms with Crippen molar-refractivity contribution in [2.75, 3.05) is 12.0 Å². The molecule has 2 aromatic carbocycles. The summed E-state index contributed by atoms with van der Waals surface area (Å²) >= 11 is 0. The third kappa shape index (κ3) is 2.43. The molecule has 1 spiro atoms. The van der Waals surface area contributed by atoms with Gasteiger partial charge in [-0.15, -0.1) is 0 Å². The molecule has 4 rings (SSSR count). The molecule has 1 heterocycles. The van der Waals surface area contributed by atoms with E-state index in [1.165, 1.54) is 7.11 Å². The topological polar surface area (TPSA) is 72.6 Å². The number of rotatable bonds is 4. The van der Waals surface area contributed by atoms with Crippen LogP contribution in [0.1, 0.15) is 24.0 Å². The van der Waals surface area contributed by atoms with Crippen LogP contribution in [0, 0.1) is 0 Å². The fourth-order valence-corrected chi connectivity index (χ4v) is 3.65. The largest absolute Gasteiger partial charge is 0.468 e. The number of esters is 1. The highest BCUT2D eigenvalue weighted by Crippen LogP contribution is 2.58. The van der Waals surface area contributed by atoms with Crippen LogP contribution in [0.15, 0.2) is 48.5 Å². The predicted molar refractivity (Wildman–Crippen MR) is 94.6 cm³/mol. The van der Waals surface area contributed by atoms with Gasteiger partial charge in [0.05, 0.1) is 18.2 Å². The van der Waals surface area contributed by atoms with Crippen LogP contribution >= 0.6 is 0 Å². The summed E-state index contributed by atoms with van der Waals surface area (Å²) in [6, 6.07) is 15.0. The molecule has 1 saturated carbocycles. The van der Waals surface area contributed by atoms with E-state index >= 15 is 0 Å². The van der Waals surface area contributed by atoms with Crippen LogP contribution < -0.4 is 10.6 Å². The fraction of sp³-hybridized carbons (Fsp3) is 0.300. The molecule has 0 unspecified atom stereocenters. The van der Waals surface area contributed by atoms with E-state index in [9.17, 15) is 9.59 Å². The van der Waals surface area contributed by atoms with Crippen molar-refractivity contribution in [2.24, 2.45) is 5.73 Å². The summed E-state index contributed by atoms with van der Waals surface area (Å²) in [7, 11) is 1.33. The molecule has 25 heavy (non-hydrogen) atoms. The van der Waals surface area contributed by atoms with E-state index in [1.54, 1.807) is 0 Å². The molecule has 2 N–H and O–H groups in total. The number of anilines is 2. The molecule has 2 aromatic rings. The molecule has 0 saturated heterocycles. The Balaban J connectivity index is 1.61. The number of carbonyl (C=O) groups excluding carboxylic acids is 2. The van der Waals surface area contributed by atoms with Crippen molar-refractivity contribution in [1.82, 2.24) is 0 Å². The first-order valence-corrected chi connectivity index (χ1v) is 8.43. The van der Waals surface area contributed by atoms with Gasteiger partial charge in [0.25, 0.3) is 0 Å². The lowest BCUT2D eigenvalue weighted by Crippen LogP contribution is -2.33. The molecular weight excluding hydrogens is 316 g/mol. The van der Waals surface area contributed by atoms with Crippen molar-refractivity contribution in [3.8, 4) is 0 Å². The smallest absolute Gasteiger partial charge is 0.322 e. The number of benzene rings is 2. The Morgan fingerprint density at radius 2 is 1.88 bits per heavy atom. The Kier molecular flexibility index (Phi) is 3.62. The minimum absolute atomic E-state index is 0.160. The normalized spacial score (nSPS) is 18.2. The Morgan fingerprint density at radius 1 is 1.20 bits per heavy atom. The number of nitrogens with zero attached hydrogens (tertiary/aromatic N) is 1. The maximum Gasteiger partial charge on any atom is 0.322 e. The van der Waals surface area contributed by atoms with Gasteiger partial charge in [-0.2, -0.15) is 0 Å². The zero-order chi connectivity index (χ0) is 17.6. The number of hydrogen-bond donors (Lipinski definition) is 1. The molecule has 2 aliphatic rings. The summed E-state index contributed by atoms with van der Waals surface area (Å²) in [6.07, 6.45) is 2.25. The Labute approximate surface area is 146 Å². The Morgan fingerprint density at radius 3 is 2.52 bits per heavy atom. The maximum atomic E-state index is 13.0. The molecule has 1 atom stereocenters. The molecule has 1 fully saturated rings. The molecule has 0 aromatic heterocycles. The van der Waals surface area contributed by atoms with E-state index in [4.69, 9.17) is 5.73 Å². The van der Waals surface area contributed by atoms with E-state index in [1.807, 2.05) is 47.4 Å². The second-order valence-electron chi connectivity index (χ2n) is 6.74. The number of hydrogen-bond acceptors (Lipinski definition) is 4. The van der Waals surface area contributed by atoms with Crippen molar-refractivity contribution in [3.05, 3.63) is 59.7 Å². The number of methoxy groups -OCH3 is 1. The zero-order valence-electron chi connectivity index (χ0n) is 14.1. The molecule has 1 aliphatic carbocycles. The highest BCUT2D eigenvalue weighted by atomic mass is 16.5. The van der Waals surface area contributed by atoms with E-state index in [2.05, 4.69) is 10.8 Å². The third-order valence-electron chi connectivity index (χ3n) is 5.18. The van der Waals surface area contributed by atoms with Crippen molar-refractivity contribution in [2.45, 2.75) is 30.7 Å². The number of ether oxygens (including phenoxy) is 1. The van der Waals surface area contributed by atoms with Gasteiger partial charge in [-0.1, -0.05) is 30.3 Å². The number of nitrogens with two attached hydrogens (primary N) is 1. The first-order chi connectivity index (χ1) is 12.1. The lowest BCUT2D eigenvalue weighted by atomic mass is 9.98. The molecule has 128 valence electrons. The quantitative estimate of drug-likeness (QED) is 0.871. The van der Waals surface area contributed by atoms with E-state index in [0.29, 0.717) is 6.42 Å². The average molecular weight is 336 g/mol. The van der Waals surface area contributed by atoms with Crippen LogP contribution in [-0.4, -0.2) is 25.0 Å². The number of fused-ring (bicyclic) bond motifs is 2. The maximum absolute atomic E-state index is 13.0. The summed E-state index contributed by atoms with van der Waals surface area (Å²) in [6.45, 7) is 0. The summed E-state index contributed by atoms with van der Waals surface area (Å²) in [5.74, 6) is -0.267. The van der Waals surface area contributed by atoms with Gasteiger partial charge in [0.2, 0.25) is 5.91 Å². The van der Waals surface area contributed by atoms with Gasteiger partial charge >= 0.3 is 5.97 Å². The monoisotopic (exact) mass is 336 g/mol. The highest BCUT2D eigenvalue weighted by molar-refractivity contribution is 6.14. The summed E-state index contributed by atoms with van der Waals surface area (Å²) in [4.78, 5) is 26.2. The minimum atomic E-state index is -0.681. The second-order valence-corrected chi connectivity index (χ2v) is 6.74. The van der Waals surface area contributed by atoms with Crippen molar-refractivity contribution in [1.29, 1.82) is 0 Å². The van der Waals surface area contributed by atoms with E-state index in [0.717, 1.165) is 35.3 Å². The van der Waals surface area contributed by atoms with Crippen molar-refractivity contribution in [3.63, 3.8) is 0 Å². The second kappa shape index (κ2) is 5.70. The highest BCUT2D eigenvalue weighted by Gasteiger charge is 2.59. The van der Waals surface area contributed by atoms with Gasteiger partial charge in [-0.3, -0.25) is 14.5 Å². The van der Waals surface area contributed by atoms with Crippen LogP contribution in [0.4, 0.5) is 11.4 Å². The van der Waals surface area contributed by atoms with Crippen LogP contribution in [0.3, 0.4) is 0 Å². The van der Waals surface area contributed by atoms with Gasteiger partial charge in [0.1, 0.15) is 6.04 Å². The molecule has 5 nitrogen and oxygen atoms in total. The van der Waals surface area contributed by atoms with E-state index < -0.39 is 12.0 Å². The predicted octanol–water partition coefficient (Wildman–Crippen LogP) is 2.44. The Bertz CT molecular complexity index is 840. The zero-order valence-corrected chi connectivity index (χ0v) is 14.1. The van der Waals surface area contributed by atoms with Gasteiger partial charge in [0.15, 0.2) is 0 Å². The van der Waals surface area contributed by atoms with Crippen LogP contribution in [0.25, 0.3) is 0 Å². The molecular formula is C20H20N2O3. The van der Waals surface area contributed by atoms with Gasteiger partial charge in [-0.05, 0) is 48.6 Å². The van der Waals surface area contributed by atoms with Crippen LogP contribution in [-0.2, 0) is 26.2 Å².